The van der Waals surface area contributed by atoms with Crippen molar-refractivity contribution in [1.82, 2.24) is 0 Å². The topological polar surface area (TPSA) is 301 Å². The second-order valence-corrected chi connectivity index (χ2v) is 26.4. The van der Waals surface area contributed by atoms with Crippen molar-refractivity contribution in [1.29, 1.82) is 0 Å². The third kappa shape index (κ3) is 22.6. The highest BCUT2D eigenvalue weighted by atomic mass is 32.3. The van der Waals surface area contributed by atoms with E-state index in [-0.39, 0.29) is 82.1 Å². The Morgan fingerprint density at radius 2 is 0.542 bits per heavy atom. The van der Waals surface area contributed by atoms with Crippen molar-refractivity contribution in [3.05, 3.63) is 194 Å². The number of rotatable bonds is 19. The summed E-state index contributed by atoms with van der Waals surface area (Å²) in [5.41, 5.74) is 0. The Kier molecular flexibility index (Phi) is 24.9. The van der Waals surface area contributed by atoms with Gasteiger partial charge < -0.3 is 35.9 Å². The summed E-state index contributed by atoms with van der Waals surface area (Å²) in [6.45, 7) is 0. The molecule has 20 nitrogen and oxygen atoms in total. The number of phenolic OH excluding ortho intramolecular Hbond substituents is 2. The molecule has 8 aromatic carbocycles. The number of aromatic hydroxyl groups is 2. The van der Waals surface area contributed by atoms with Crippen LogP contribution in [0, 0.1) is 0 Å². The lowest BCUT2D eigenvalue weighted by molar-refractivity contribution is 0.392. The van der Waals surface area contributed by atoms with E-state index in [9.17, 15) is 58.3 Å². The van der Waals surface area contributed by atoms with Gasteiger partial charge in [-0.05, 0) is 194 Å². The van der Waals surface area contributed by atoms with Crippen molar-refractivity contribution in [3.63, 3.8) is 0 Å². The van der Waals surface area contributed by atoms with Gasteiger partial charge in [-0.25, -0.2) is 16.8 Å². The van der Waals surface area contributed by atoms with Crippen molar-refractivity contribution in [2.75, 3.05) is 13.4 Å². The fourth-order valence-electron chi connectivity index (χ4n) is 6.13. The molecule has 8 aromatic rings. The van der Waals surface area contributed by atoms with Crippen LogP contribution in [0.4, 0.5) is 7.77 Å². The van der Waals surface area contributed by atoms with Crippen LogP contribution in [0.1, 0.15) is 22.3 Å². The highest BCUT2D eigenvalue weighted by molar-refractivity contribution is 7.99. The van der Waals surface area contributed by atoms with Crippen LogP contribution in [0.2, 0.25) is 0 Å². The molecule has 83 heavy (non-hydrogen) atoms. The smallest absolute Gasteiger partial charge is 0.500 e. The standard InChI is InChI=1S/C26H22O10S4.C12H8F2O6S3.C12H10O4S.3CH4/c1-33-19-7-15-25(16-8-19)39(29,30)26-17-9-22(10-18-26)36-40(31,32)35-21-5-13-24(14-6-21)37-23-11-3-20(4-12-23)34-38(2,27)28;13-22(15,16)19-9-1-5-11(6-2-9)21-12-7-3-10(4-8-12)20-23(14,17)18;13-9-1-5-11(6-2-9)17(15,16)12-7-3-10(14)4-8-12;;;/h3-18H,1-2H3;1-8H;1-8,13-14H;3*1H4. The van der Waals surface area contributed by atoms with Crippen molar-refractivity contribution in [2.45, 2.75) is 61.4 Å². The highest BCUT2D eigenvalue weighted by Crippen LogP contribution is 2.33. The normalized spacial score (nSPS) is 11.4. The lowest BCUT2D eigenvalue weighted by atomic mass is 10.3. The van der Waals surface area contributed by atoms with E-state index in [1.165, 1.54) is 200 Å². The molecule has 0 aliphatic heterocycles. The van der Waals surface area contributed by atoms with E-state index in [4.69, 9.17) is 27.5 Å². The summed E-state index contributed by atoms with van der Waals surface area (Å²) in [4.78, 5) is 3.12. The molecule has 0 saturated carbocycles. The molecule has 446 valence electrons. The summed E-state index contributed by atoms with van der Waals surface area (Å²) in [7, 11) is -24.2. The van der Waals surface area contributed by atoms with Gasteiger partial charge in [0.05, 0.1) is 32.9 Å². The second-order valence-electron chi connectivity index (χ2n) is 15.5. The lowest BCUT2D eigenvalue weighted by Crippen LogP contribution is -2.16. The van der Waals surface area contributed by atoms with Gasteiger partial charge in [0, 0.05) is 19.6 Å². The molecule has 0 aliphatic carbocycles. The van der Waals surface area contributed by atoms with Gasteiger partial charge in [-0.1, -0.05) is 53.6 Å². The van der Waals surface area contributed by atoms with E-state index in [1.807, 2.05) is 0 Å². The maximum Gasteiger partial charge on any atom is 0.500 e. The molecule has 0 spiro atoms. The van der Waals surface area contributed by atoms with E-state index in [1.54, 1.807) is 24.3 Å². The molecule has 0 atom stereocenters. The Morgan fingerprint density at radius 3 is 0.783 bits per heavy atom. The fourth-order valence-corrected chi connectivity index (χ4v) is 12.2. The Bertz CT molecular complexity index is 3960. The SMILES string of the molecule is C.C.C.COc1ccc(S(=O)(=O)c2ccc(OS(=O)(=O)Oc3ccc(Sc4ccc(OS(C)(=O)=O)cc4)cc3)cc2)cc1.O=S(=O)(F)Oc1ccc(Sc2ccc(OS(=O)(=O)F)cc2)cc1.O=S(=O)(c1ccc(O)cc1)c1ccc(O)cc1. The lowest BCUT2D eigenvalue weighted by Gasteiger charge is -2.10. The molecule has 0 aromatic heterocycles. The Hall–Kier alpha value is -7.58. The van der Waals surface area contributed by atoms with E-state index >= 15 is 0 Å². The first-order valence-electron chi connectivity index (χ1n) is 21.8. The van der Waals surface area contributed by atoms with E-state index in [0.717, 1.165) is 16.0 Å². The number of phenols is 2. The first-order valence-corrected chi connectivity index (χ1v) is 32.2. The van der Waals surface area contributed by atoms with Crippen LogP contribution in [0.5, 0.6) is 46.0 Å². The van der Waals surface area contributed by atoms with Crippen LogP contribution in [0.15, 0.2) is 233 Å². The minimum Gasteiger partial charge on any atom is -0.508 e. The number of sulfone groups is 2. The van der Waals surface area contributed by atoms with Gasteiger partial charge in [-0.15, -0.1) is 8.42 Å². The molecule has 0 amide bonds. The van der Waals surface area contributed by atoms with Gasteiger partial charge in [0.25, 0.3) is 0 Å². The molecular formula is C53H52F2O20S8. The van der Waals surface area contributed by atoms with E-state index < -0.39 is 61.2 Å². The Balaban J connectivity index is 0.000000355. The van der Waals surface area contributed by atoms with Gasteiger partial charge in [-0.2, -0.15) is 25.3 Å². The number of methoxy groups -OCH3 is 1. The Morgan fingerprint density at radius 1 is 0.325 bits per heavy atom. The summed E-state index contributed by atoms with van der Waals surface area (Å²) in [6, 6.07) is 45.0. The van der Waals surface area contributed by atoms with Crippen LogP contribution in [-0.2, 0) is 61.2 Å². The fraction of sp³-hybridized carbons (Fsp3) is 0.0943. The van der Waals surface area contributed by atoms with Crippen LogP contribution < -0.4 is 25.7 Å². The third-order valence-corrected chi connectivity index (χ3v) is 17.3. The maximum absolute atomic E-state index is 12.8. The zero-order chi connectivity index (χ0) is 58.5. The molecule has 0 heterocycles. The van der Waals surface area contributed by atoms with Crippen LogP contribution in [0.3, 0.4) is 0 Å². The number of halogens is 2. The van der Waals surface area contributed by atoms with Crippen molar-refractivity contribution in [3.8, 4) is 46.0 Å². The highest BCUT2D eigenvalue weighted by Gasteiger charge is 2.21. The van der Waals surface area contributed by atoms with E-state index in [2.05, 4.69) is 8.37 Å². The molecule has 0 unspecified atom stereocenters. The molecule has 30 heteroatoms. The zero-order valence-corrected chi connectivity index (χ0v) is 47.3. The first-order chi connectivity index (χ1) is 37.4. The molecule has 2 N–H and O–H groups in total. The second kappa shape index (κ2) is 29.6. The minimum atomic E-state index is -5.07. The minimum absolute atomic E-state index is 0. The molecular weight excluding hydrogens is 1250 g/mol. The van der Waals surface area contributed by atoms with Gasteiger partial charge in [0.1, 0.15) is 46.0 Å². The predicted molar refractivity (Wildman–Crippen MR) is 308 cm³/mol. The summed E-state index contributed by atoms with van der Waals surface area (Å²) in [5.74, 6) is 0.236. The van der Waals surface area contributed by atoms with E-state index in [0.29, 0.717) is 15.5 Å². The predicted octanol–water partition coefficient (Wildman–Crippen LogP) is 11.6. The number of benzene rings is 8. The van der Waals surface area contributed by atoms with Gasteiger partial charge in [-0.3, -0.25) is 0 Å². The molecule has 0 bridgehead atoms. The largest absolute Gasteiger partial charge is 0.508 e. The quantitative estimate of drug-likeness (QED) is 0.0561. The average Bonchev–Trinajstić information content (AvgIpc) is 3.40. The zero-order valence-electron chi connectivity index (χ0n) is 40.7. The van der Waals surface area contributed by atoms with Gasteiger partial charge in [0.15, 0.2) is 0 Å². The summed E-state index contributed by atoms with van der Waals surface area (Å²) in [5, 5.41) is 18.2. The monoisotopic (exact) mass is 1300 g/mol. The summed E-state index contributed by atoms with van der Waals surface area (Å²) < 4.78 is 191. The number of hydrogen-bond donors (Lipinski definition) is 2. The maximum atomic E-state index is 12.8. The third-order valence-electron chi connectivity index (χ3n) is 9.60. The number of ether oxygens (including phenoxy) is 1. The van der Waals surface area contributed by atoms with Crippen LogP contribution in [0.25, 0.3) is 0 Å². The van der Waals surface area contributed by atoms with Crippen molar-refractivity contribution < 1.29 is 94.1 Å². The van der Waals surface area contributed by atoms with Crippen LogP contribution >= 0.6 is 23.5 Å². The molecule has 0 saturated heterocycles. The molecule has 0 fully saturated rings. The first kappa shape index (κ1) is 69.7. The number of hydrogen-bond acceptors (Lipinski definition) is 22. The van der Waals surface area contributed by atoms with Gasteiger partial charge in [0.2, 0.25) is 19.7 Å². The van der Waals surface area contributed by atoms with Crippen molar-refractivity contribution in [2.24, 2.45) is 0 Å². The summed E-state index contributed by atoms with van der Waals surface area (Å²) >= 11 is 2.59. The van der Waals surface area contributed by atoms with Crippen LogP contribution in [-0.4, -0.2) is 74.1 Å². The molecule has 0 radical (unpaired) electrons. The molecule has 8 rings (SSSR count). The van der Waals surface area contributed by atoms with Crippen molar-refractivity contribution >= 4 is 84.7 Å². The van der Waals surface area contributed by atoms with Gasteiger partial charge >= 0.3 is 41.5 Å². The average molecular weight is 1300 g/mol. The summed E-state index contributed by atoms with van der Waals surface area (Å²) in [6.07, 6.45) is 0.956. The molecule has 0 aliphatic rings. The Labute approximate surface area is 490 Å².